The fourth-order valence-corrected chi connectivity index (χ4v) is 2.48. The number of hydrogen-bond acceptors (Lipinski definition) is 4. The van der Waals surface area contributed by atoms with Crippen LogP contribution in [0.4, 0.5) is 0 Å². The van der Waals surface area contributed by atoms with E-state index in [-0.39, 0.29) is 0 Å². The molecule has 5 nitrogen and oxygen atoms in total. The quantitative estimate of drug-likeness (QED) is 0.871. The molecule has 1 aromatic carbocycles. The summed E-state index contributed by atoms with van der Waals surface area (Å²) >= 11 is 5.11. The topological polar surface area (TPSA) is 67.8 Å². The Hall–Kier alpha value is -1.47. The number of rotatable bonds is 3. The van der Waals surface area contributed by atoms with Gasteiger partial charge in [-0.1, -0.05) is 12.1 Å². The maximum absolute atomic E-state index is 11.3. The summed E-state index contributed by atoms with van der Waals surface area (Å²) in [7, 11) is -3.14. The minimum atomic E-state index is -3.14. The predicted molar refractivity (Wildman–Crippen MR) is 70.8 cm³/mol. The second-order valence-corrected chi connectivity index (χ2v) is 6.48. The Kier molecular flexibility index (Phi) is 3.36. The number of aromatic nitrogens is 3. The van der Waals surface area contributed by atoms with Crippen LogP contribution in [0.25, 0.3) is 0 Å². The highest BCUT2D eigenvalue weighted by Gasteiger charge is 2.07. The molecule has 2 rings (SSSR count). The molecular weight excluding hydrogens is 270 g/mol. The zero-order chi connectivity index (χ0) is 13.3. The molecule has 0 saturated carbocycles. The van der Waals surface area contributed by atoms with Gasteiger partial charge >= 0.3 is 0 Å². The van der Waals surface area contributed by atoms with Gasteiger partial charge in [0.1, 0.15) is 5.82 Å². The lowest BCUT2D eigenvalue weighted by atomic mass is 10.2. The van der Waals surface area contributed by atoms with Gasteiger partial charge in [0, 0.05) is 6.26 Å². The second-order valence-electron chi connectivity index (χ2n) is 4.08. The molecule has 1 N–H and O–H groups in total. The van der Waals surface area contributed by atoms with Crippen molar-refractivity contribution in [3.8, 4) is 0 Å². The van der Waals surface area contributed by atoms with Gasteiger partial charge < -0.3 is 0 Å². The van der Waals surface area contributed by atoms with Crippen molar-refractivity contribution in [1.82, 2.24) is 14.8 Å². The van der Waals surface area contributed by atoms with Crippen molar-refractivity contribution < 1.29 is 8.42 Å². The third kappa shape index (κ3) is 2.68. The highest BCUT2D eigenvalue weighted by atomic mass is 32.2. The highest BCUT2D eigenvalue weighted by Crippen LogP contribution is 2.12. The van der Waals surface area contributed by atoms with Gasteiger partial charge in [0.15, 0.2) is 14.6 Å². The molecule has 0 aliphatic rings. The molecule has 0 aliphatic carbocycles. The maximum atomic E-state index is 11.3. The standard InChI is InChI=1S/C11H13N3O2S2/c1-8-12-13-11(17)14(8)7-9-3-5-10(6-4-9)18(2,15)16/h3-6H,7H2,1-2H3,(H,13,17). The van der Waals surface area contributed by atoms with Gasteiger partial charge in [0.25, 0.3) is 0 Å². The van der Waals surface area contributed by atoms with E-state index in [9.17, 15) is 8.42 Å². The summed E-state index contributed by atoms with van der Waals surface area (Å²) in [5, 5.41) is 6.73. The van der Waals surface area contributed by atoms with Gasteiger partial charge in [0.2, 0.25) is 0 Å². The molecule has 1 heterocycles. The van der Waals surface area contributed by atoms with Gasteiger partial charge in [0.05, 0.1) is 11.4 Å². The molecule has 0 unspecified atom stereocenters. The monoisotopic (exact) mass is 283 g/mol. The molecule has 1 aromatic heterocycles. The number of hydrogen-bond donors (Lipinski definition) is 1. The second kappa shape index (κ2) is 4.66. The lowest BCUT2D eigenvalue weighted by Crippen LogP contribution is -2.03. The van der Waals surface area contributed by atoms with Gasteiger partial charge in [-0.25, -0.2) is 8.42 Å². The molecule has 7 heteroatoms. The van der Waals surface area contributed by atoms with Crippen molar-refractivity contribution in [2.45, 2.75) is 18.4 Å². The number of aromatic amines is 1. The minimum absolute atomic E-state index is 0.318. The van der Waals surface area contributed by atoms with Gasteiger partial charge in [-0.3, -0.25) is 9.67 Å². The summed E-state index contributed by atoms with van der Waals surface area (Å²) in [4.78, 5) is 0.318. The summed E-state index contributed by atoms with van der Waals surface area (Å²) in [5.74, 6) is 0.798. The van der Waals surface area contributed by atoms with Crippen molar-refractivity contribution in [3.05, 3.63) is 40.4 Å². The van der Waals surface area contributed by atoms with Gasteiger partial charge in [-0.2, -0.15) is 5.10 Å². The zero-order valence-corrected chi connectivity index (χ0v) is 11.7. The zero-order valence-electron chi connectivity index (χ0n) is 10.0. The van der Waals surface area contributed by atoms with Crippen LogP contribution in [0.1, 0.15) is 11.4 Å². The average Bonchev–Trinajstić information content (AvgIpc) is 2.60. The summed E-state index contributed by atoms with van der Waals surface area (Å²) in [6.07, 6.45) is 1.19. The van der Waals surface area contributed by atoms with Crippen molar-refractivity contribution in [2.75, 3.05) is 6.26 Å². The molecule has 0 spiro atoms. The molecule has 96 valence electrons. The van der Waals surface area contributed by atoms with Crippen molar-refractivity contribution >= 4 is 22.1 Å². The first-order valence-electron chi connectivity index (χ1n) is 5.29. The molecular formula is C11H13N3O2S2. The summed E-state index contributed by atoms with van der Waals surface area (Å²) in [5.41, 5.74) is 0.975. The van der Waals surface area contributed by atoms with Crippen molar-refractivity contribution in [1.29, 1.82) is 0 Å². The molecule has 18 heavy (non-hydrogen) atoms. The van der Waals surface area contributed by atoms with E-state index in [0.717, 1.165) is 11.4 Å². The van der Waals surface area contributed by atoms with Gasteiger partial charge in [-0.15, -0.1) is 0 Å². The van der Waals surface area contributed by atoms with Crippen LogP contribution in [-0.2, 0) is 16.4 Å². The Morgan fingerprint density at radius 2 is 1.94 bits per heavy atom. The molecule has 0 atom stereocenters. The summed E-state index contributed by atoms with van der Waals surface area (Å²) < 4.78 is 25.1. The number of benzene rings is 1. The molecule has 0 amide bonds. The molecule has 0 bridgehead atoms. The first-order valence-corrected chi connectivity index (χ1v) is 7.59. The number of H-pyrrole nitrogens is 1. The van der Waals surface area contributed by atoms with E-state index in [1.165, 1.54) is 6.26 Å². The number of nitrogens with zero attached hydrogens (tertiary/aromatic N) is 2. The Morgan fingerprint density at radius 3 is 2.39 bits per heavy atom. The third-order valence-electron chi connectivity index (χ3n) is 2.64. The van der Waals surface area contributed by atoms with Crippen LogP contribution in [0.15, 0.2) is 29.2 Å². The van der Waals surface area contributed by atoms with E-state index in [1.54, 1.807) is 24.3 Å². The van der Waals surface area contributed by atoms with Crippen LogP contribution in [0.5, 0.6) is 0 Å². The normalized spacial score (nSPS) is 11.7. The Labute approximate surface area is 110 Å². The van der Waals surface area contributed by atoms with E-state index >= 15 is 0 Å². The van der Waals surface area contributed by atoms with E-state index in [0.29, 0.717) is 16.2 Å². The Morgan fingerprint density at radius 1 is 1.33 bits per heavy atom. The van der Waals surface area contributed by atoms with Crippen LogP contribution in [0.3, 0.4) is 0 Å². The van der Waals surface area contributed by atoms with Crippen LogP contribution >= 0.6 is 12.2 Å². The Balaban J connectivity index is 2.30. The van der Waals surface area contributed by atoms with Crippen molar-refractivity contribution in [2.24, 2.45) is 0 Å². The SMILES string of the molecule is Cc1n[nH]c(=S)n1Cc1ccc(S(C)(=O)=O)cc1. The van der Waals surface area contributed by atoms with Crippen LogP contribution in [0.2, 0.25) is 0 Å². The largest absolute Gasteiger partial charge is 0.300 e. The lowest BCUT2D eigenvalue weighted by molar-refractivity contribution is 0.602. The molecule has 0 fully saturated rings. The summed E-state index contributed by atoms with van der Waals surface area (Å²) in [6.45, 7) is 2.43. The number of aryl methyl sites for hydroxylation is 1. The third-order valence-corrected chi connectivity index (χ3v) is 4.08. The fraction of sp³-hybridized carbons (Fsp3) is 0.273. The predicted octanol–water partition coefficient (Wildman–Crippen LogP) is 1.70. The van der Waals surface area contributed by atoms with E-state index in [4.69, 9.17) is 12.2 Å². The van der Waals surface area contributed by atoms with Gasteiger partial charge in [-0.05, 0) is 36.8 Å². The maximum Gasteiger partial charge on any atom is 0.195 e. The van der Waals surface area contributed by atoms with Crippen molar-refractivity contribution in [3.63, 3.8) is 0 Å². The summed E-state index contributed by atoms with van der Waals surface area (Å²) in [6, 6.07) is 6.77. The molecule has 0 aliphatic heterocycles. The molecule has 0 saturated heterocycles. The van der Waals surface area contributed by atoms with Crippen LogP contribution < -0.4 is 0 Å². The van der Waals surface area contributed by atoms with Crippen LogP contribution in [-0.4, -0.2) is 29.4 Å². The first kappa shape index (κ1) is 13.0. The lowest BCUT2D eigenvalue weighted by Gasteiger charge is -2.05. The van der Waals surface area contributed by atoms with E-state index < -0.39 is 9.84 Å². The smallest absolute Gasteiger partial charge is 0.195 e. The molecule has 0 radical (unpaired) electrons. The number of nitrogens with one attached hydrogen (secondary N) is 1. The fourth-order valence-electron chi connectivity index (χ4n) is 1.61. The minimum Gasteiger partial charge on any atom is -0.300 e. The van der Waals surface area contributed by atoms with Crippen LogP contribution in [0, 0.1) is 11.7 Å². The highest BCUT2D eigenvalue weighted by molar-refractivity contribution is 7.90. The van der Waals surface area contributed by atoms with E-state index in [1.807, 2.05) is 11.5 Å². The average molecular weight is 283 g/mol. The number of sulfone groups is 1. The first-order chi connectivity index (χ1) is 8.38. The van der Waals surface area contributed by atoms with E-state index in [2.05, 4.69) is 10.2 Å². The Bertz CT molecular complexity index is 711. The molecule has 2 aromatic rings.